The summed E-state index contributed by atoms with van der Waals surface area (Å²) >= 11 is 0. The van der Waals surface area contributed by atoms with Crippen LogP contribution < -0.4 is 5.32 Å². The second-order valence-electron chi connectivity index (χ2n) is 4.63. The van der Waals surface area contributed by atoms with Crippen molar-refractivity contribution in [2.75, 3.05) is 27.2 Å². The quantitative estimate of drug-likeness (QED) is 0.489. The maximum atomic E-state index is 4.55. The van der Waals surface area contributed by atoms with Gasteiger partial charge in [-0.1, -0.05) is 0 Å². The van der Waals surface area contributed by atoms with Crippen LogP contribution in [0.2, 0.25) is 0 Å². The summed E-state index contributed by atoms with van der Waals surface area (Å²) in [5.74, 6) is 0.950. The number of rotatable bonds is 5. The molecule has 0 bridgehead atoms. The first-order chi connectivity index (χ1) is 8.54. The van der Waals surface area contributed by atoms with Gasteiger partial charge in [0.2, 0.25) is 0 Å². The molecule has 1 aromatic heterocycles. The van der Waals surface area contributed by atoms with E-state index in [0.717, 1.165) is 37.7 Å². The molecule has 1 N–H and O–H groups in total. The van der Waals surface area contributed by atoms with Gasteiger partial charge in [-0.15, -0.1) is 0 Å². The molecule has 102 valence electrons. The highest BCUT2D eigenvalue weighted by atomic mass is 15.3. The summed E-state index contributed by atoms with van der Waals surface area (Å²) < 4.78 is 2.05. The average Bonchev–Trinajstić information content (AvgIpc) is 2.61. The van der Waals surface area contributed by atoms with Gasteiger partial charge in [-0.3, -0.25) is 9.67 Å². The minimum Gasteiger partial charge on any atom is -0.357 e. The van der Waals surface area contributed by atoms with Crippen LogP contribution in [-0.4, -0.2) is 47.8 Å². The highest BCUT2D eigenvalue weighted by Crippen LogP contribution is 2.02. The van der Waals surface area contributed by atoms with Gasteiger partial charge in [-0.2, -0.15) is 5.10 Å². The topological polar surface area (TPSA) is 45.5 Å². The van der Waals surface area contributed by atoms with E-state index in [4.69, 9.17) is 0 Å². The number of hydrogen-bond donors (Lipinski definition) is 1. The third-order valence-corrected chi connectivity index (χ3v) is 2.65. The molecule has 0 aromatic carbocycles. The first kappa shape index (κ1) is 14.5. The van der Waals surface area contributed by atoms with E-state index in [1.165, 1.54) is 5.69 Å². The molecule has 0 atom stereocenters. The Hall–Kier alpha value is -1.52. The summed E-state index contributed by atoms with van der Waals surface area (Å²) in [6.07, 6.45) is 1.00. The second kappa shape index (κ2) is 7.03. The van der Waals surface area contributed by atoms with Crippen molar-refractivity contribution in [1.29, 1.82) is 0 Å². The van der Waals surface area contributed by atoms with Gasteiger partial charge < -0.3 is 10.2 Å². The predicted octanol–water partition coefficient (Wildman–Crippen LogP) is 1.42. The summed E-state index contributed by atoms with van der Waals surface area (Å²) in [5.41, 5.74) is 2.30. The number of guanidine groups is 1. The zero-order valence-corrected chi connectivity index (χ0v) is 12.2. The van der Waals surface area contributed by atoms with Crippen LogP contribution in [0.25, 0.3) is 0 Å². The highest BCUT2D eigenvalue weighted by Gasteiger charge is 2.01. The first-order valence-electron chi connectivity index (χ1n) is 6.51. The molecule has 0 saturated heterocycles. The number of nitrogens with zero attached hydrogens (tertiary/aromatic N) is 4. The number of aliphatic imine (C=N–C) groups is 1. The summed E-state index contributed by atoms with van der Waals surface area (Å²) in [6, 6.07) is 2.10. The smallest absolute Gasteiger partial charge is 0.193 e. The van der Waals surface area contributed by atoms with Crippen LogP contribution in [0.3, 0.4) is 0 Å². The van der Waals surface area contributed by atoms with Gasteiger partial charge in [-0.25, -0.2) is 0 Å². The van der Waals surface area contributed by atoms with Crippen molar-refractivity contribution in [3.05, 3.63) is 17.5 Å². The van der Waals surface area contributed by atoms with E-state index in [1.54, 1.807) is 0 Å². The molecule has 1 rings (SSSR count). The molecule has 0 aliphatic rings. The average molecular weight is 251 g/mol. The van der Waals surface area contributed by atoms with Crippen LogP contribution in [0.5, 0.6) is 0 Å². The Kier molecular flexibility index (Phi) is 5.68. The van der Waals surface area contributed by atoms with Crippen LogP contribution in [0.4, 0.5) is 0 Å². The molecule has 0 amide bonds. The van der Waals surface area contributed by atoms with Crippen LogP contribution >= 0.6 is 0 Å². The molecule has 5 nitrogen and oxygen atoms in total. The molecular formula is C13H25N5. The Labute approximate surface area is 110 Å². The van der Waals surface area contributed by atoms with Crippen LogP contribution in [-0.2, 0) is 6.54 Å². The van der Waals surface area contributed by atoms with Crippen molar-refractivity contribution < 1.29 is 0 Å². The number of aryl methyl sites for hydroxylation is 3. The van der Waals surface area contributed by atoms with Gasteiger partial charge in [0, 0.05) is 39.4 Å². The standard InChI is InChI=1S/C13H25N5/c1-6-14-13(17(4)5)15-8-7-9-18-12(3)10-11(2)16-18/h10H,6-9H2,1-5H3,(H,14,15). The van der Waals surface area contributed by atoms with Crippen molar-refractivity contribution in [2.45, 2.75) is 33.7 Å². The second-order valence-corrected chi connectivity index (χ2v) is 4.63. The lowest BCUT2D eigenvalue weighted by molar-refractivity contribution is 0.554. The van der Waals surface area contributed by atoms with Gasteiger partial charge in [0.05, 0.1) is 5.69 Å². The first-order valence-corrected chi connectivity index (χ1v) is 6.51. The molecule has 0 aliphatic carbocycles. The summed E-state index contributed by atoms with van der Waals surface area (Å²) in [4.78, 5) is 6.56. The number of hydrogen-bond acceptors (Lipinski definition) is 2. The summed E-state index contributed by atoms with van der Waals surface area (Å²) in [5, 5.41) is 7.69. The Morgan fingerprint density at radius 1 is 1.44 bits per heavy atom. The normalized spacial score (nSPS) is 11.7. The van der Waals surface area contributed by atoms with Gasteiger partial charge in [-0.05, 0) is 33.3 Å². The third-order valence-electron chi connectivity index (χ3n) is 2.65. The lowest BCUT2D eigenvalue weighted by Crippen LogP contribution is -2.36. The van der Waals surface area contributed by atoms with Crippen LogP contribution in [0.15, 0.2) is 11.1 Å². The van der Waals surface area contributed by atoms with Crippen molar-refractivity contribution in [3.63, 3.8) is 0 Å². The fraction of sp³-hybridized carbons (Fsp3) is 0.692. The van der Waals surface area contributed by atoms with E-state index in [1.807, 2.05) is 30.6 Å². The Morgan fingerprint density at radius 3 is 2.67 bits per heavy atom. The molecule has 1 heterocycles. The lowest BCUT2D eigenvalue weighted by Gasteiger charge is -2.16. The fourth-order valence-electron chi connectivity index (χ4n) is 1.82. The van der Waals surface area contributed by atoms with Crippen molar-refractivity contribution in [3.8, 4) is 0 Å². The minimum absolute atomic E-state index is 0.818. The van der Waals surface area contributed by atoms with Gasteiger partial charge in [0.15, 0.2) is 5.96 Å². The Balaban J connectivity index is 2.41. The van der Waals surface area contributed by atoms with Crippen LogP contribution in [0.1, 0.15) is 24.7 Å². The zero-order chi connectivity index (χ0) is 13.5. The number of nitrogens with one attached hydrogen (secondary N) is 1. The summed E-state index contributed by atoms with van der Waals surface area (Å²) in [7, 11) is 4.00. The molecule has 0 aliphatic heterocycles. The van der Waals surface area contributed by atoms with E-state index in [-0.39, 0.29) is 0 Å². The fourth-order valence-corrected chi connectivity index (χ4v) is 1.82. The molecular weight excluding hydrogens is 226 g/mol. The highest BCUT2D eigenvalue weighted by molar-refractivity contribution is 5.79. The van der Waals surface area contributed by atoms with Crippen LogP contribution in [0, 0.1) is 13.8 Å². The monoisotopic (exact) mass is 251 g/mol. The van der Waals surface area contributed by atoms with E-state index in [9.17, 15) is 0 Å². The van der Waals surface area contributed by atoms with E-state index < -0.39 is 0 Å². The summed E-state index contributed by atoms with van der Waals surface area (Å²) in [6.45, 7) is 8.84. The maximum Gasteiger partial charge on any atom is 0.193 e. The Morgan fingerprint density at radius 2 is 2.17 bits per heavy atom. The zero-order valence-electron chi connectivity index (χ0n) is 12.2. The molecule has 0 saturated carbocycles. The SMILES string of the molecule is CCNC(=NCCCn1nc(C)cc1C)N(C)C. The van der Waals surface area contributed by atoms with Gasteiger partial charge in [0.25, 0.3) is 0 Å². The predicted molar refractivity (Wildman–Crippen MR) is 76.0 cm³/mol. The van der Waals surface area contributed by atoms with Crippen molar-refractivity contribution >= 4 is 5.96 Å². The maximum absolute atomic E-state index is 4.55. The molecule has 0 radical (unpaired) electrons. The molecule has 18 heavy (non-hydrogen) atoms. The third kappa shape index (κ3) is 4.39. The van der Waals surface area contributed by atoms with Gasteiger partial charge >= 0.3 is 0 Å². The van der Waals surface area contributed by atoms with E-state index in [2.05, 4.69) is 35.3 Å². The molecule has 0 spiro atoms. The lowest BCUT2D eigenvalue weighted by atomic mass is 10.4. The molecule has 0 unspecified atom stereocenters. The van der Waals surface area contributed by atoms with E-state index in [0.29, 0.717) is 0 Å². The Bertz CT molecular complexity index is 392. The van der Waals surface area contributed by atoms with Gasteiger partial charge in [0.1, 0.15) is 0 Å². The van der Waals surface area contributed by atoms with Crippen molar-refractivity contribution in [2.24, 2.45) is 4.99 Å². The minimum atomic E-state index is 0.818. The van der Waals surface area contributed by atoms with Crippen molar-refractivity contribution in [1.82, 2.24) is 20.0 Å². The number of aromatic nitrogens is 2. The van der Waals surface area contributed by atoms with E-state index >= 15 is 0 Å². The molecule has 1 aromatic rings. The molecule has 5 heteroatoms. The largest absolute Gasteiger partial charge is 0.357 e. The molecule has 0 fully saturated rings.